The zero-order valence-electron chi connectivity index (χ0n) is 18.3. The number of nitrogens with one attached hydrogen (secondary N) is 2. The Labute approximate surface area is 183 Å². The normalized spacial score (nSPS) is 17.4. The van der Waals surface area contributed by atoms with Crippen molar-refractivity contribution in [1.29, 1.82) is 0 Å². The SMILES string of the molecule is CCNC(=NCc1cc(Cl)ccc1OC(F)F)NCC(C(C)C)N1CCN(C)CC1. The van der Waals surface area contributed by atoms with Gasteiger partial charge in [-0.3, -0.25) is 4.90 Å². The van der Waals surface area contributed by atoms with E-state index in [1.807, 2.05) is 6.92 Å². The number of piperazine rings is 1. The van der Waals surface area contributed by atoms with Crippen molar-refractivity contribution in [3.05, 3.63) is 28.8 Å². The van der Waals surface area contributed by atoms with Gasteiger partial charge in [0.2, 0.25) is 0 Å². The molecule has 1 aliphatic heterocycles. The first-order valence-electron chi connectivity index (χ1n) is 10.5. The molecule has 1 saturated heterocycles. The molecule has 1 aliphatic rings. The molecule has 0 bridgehead atoms. The van der Waals surface area contributed by atoms with Gasteiger partial charge in [0, 0.05) is 55.9 Å². The molecule has 0 aliphatic carbocycles. The van der Waals surface area contributed by atoms with Crippen molar-refractivity contribution in [3.8, 4) is 5.75 Å². The van der Waals surface area contributed by atoms with Crippen LogP contribution >= 0.6 is 11.6 Å². The van der Waals surface area contributed by atoms with Gasteiger partial charge < -0.3 is 20.3 Å². The number of hydrogen-bond donors (Lipinski definition) is 2. The highest BCUT2D eigenvalue weighted by Gasteiger charge is 2.25. The Kier molecular flexibility index (Phi) is 10.1. The fourth-order valence-electron chi connectivity index (χ4n) is 3.53. The molecule has 0 amide bonds. The van der Waals surface area contributed by atoms with E-state index in [4.69, 9.17) is 11.6 Å². The van der Waals surface area contributed by atoms with Crippen molar-refractivity contribution in [1.82, 2.24) is 20.4 Å². The van der Waals surface area contributed by atoms with Gasteiger partial charge >= 0.3 is 6.61 Å². The summed E-state index contributed by atoms with van der Waals surface area (Å²) < 4.78 is 30.0. The number of rotatable bonds is 9. The topological polar surface area (TPSA) is 52.1 Å². The lowest BCUT2D eigenvalue weighted by Crippen LogP contribution is -2.55. The number of alkyl halides is 2. The van der Waals surface area contributed by atoms with E-state index in [9.17, 15) is 8.78 Å². The highest BCUT2D eigenvalue weighted by molar-refractivity contribution is 6.30. The lowest BCUT2D eigenvalue weighted by molar-refractivity contribution is -0.0504. The number of hydrogen-bond acceptors (Lipinski definition) is 4. The second kappa shape index (κ2) is 12.3. The van der Waals surface area contributed by atoms with Crippen LogP contribution in [0.25, 0.3) is 0 Å². The Morgan fingerprint density at radius 1 is 1.20 bits per heavy atom. The molecule has 0 radical (unpaired) electrons. The Morgan fingerprint density at radius 2 is 1.90 bits per heavy atom. The molecule has 1 unspecified atom stereocenters. The minimum atomic E-state index is -2.89. The molecule has 30 heavy (non-hydrogen) atoms. The number of halogens is 3. The molecule has 1 atom stereocenters. The van der Waals surface area contributed by atoms with E-state index < -0.39 is 6.61 Å². The van der Waals surface area contributed by atoms with E-state index in [0.29, 0.717) is 35.1 Å². The molecule has 9 heteroatoms. The molecule has 0 saturated carbocycles. The highest BCUT2D eigenvalue weighted by Crippen LogP contribution is 2.25. The largest absolute Gasteiger partial charge is 0.434 e. The average Bonchev–Trinajstić information content (AvgIpc) is 2.68. The Balaban J connectivity index is 2.06. The molecule has 170 valence electrons. The van der Waals surface area contributed by atoms with Crippen LogP contribution in [0.5, 0.6) is 5.75 Å². The standard InChI is InChI=1S/C21H34ClF2N5O/c1-5-25-21(26-13-16-12-17(22)6-7-19(16)30-20(23)24)27-14-18(15(2)3)29-10-8-28(4)9-11-29/h6-7,12,15,18,20H,5,8-11,13-14H2,1-4H3,(H2,25,26,27). The molecule has 2 N–H and O–H groups in total. The summed E-state index contributed by atoms with van der Waals surface area (Å²) in [5.41, 5.74) is 0.513. The summed E-state index contributed by atoms with van der Waals surface area (Å²) in [7, 11) is 2.15. The third-order valence-electron chi connectivity index (χ3n) is 5.25. The molecule has 2 rings (SSSR count). The lowest BCUT2D eigenvalue weighted by atomic mass is 10.0. The first-order valence-corrected chi connectivity index (χ1v) is 10.9. The van der Waals surface area contributed by atoms with Crippen LogP contribution in [-0.2, 0) is 6.54 Å². The van der Waals surface area contributed by atoms with E-state index in [1.165, 1.54) is 12.1 Å². The minimum Gasteiger partial charge on any atom is -0.434 e. The van der Waals surface area contributed by atoms with E-state index >= 15 is 0 Å². The van der Waals surface area contributed by atoms with Crippen LogP contribution in [0.4, 0.5) is 8.78 Å². The zero-order chi connectivity index (χ0) is 22.1. The minimum absolute atomic E-state index is 0.0893. The van der Waals surface area contributed by atoms with Crippen molar-refractivity contribution in [2.24, 2.45) is 10.9 Å². The van der Waals surface area contributed by atoms with Gasteiger partial charge in [-0.05, 0) is 38.1 Å². The molecular weight excluding hydrogens is 412 g/mol. The van der Waals surface area contributed by atoms with Gasteiger partial charge in [-0.25, -0.2) is 4.99 Å². The Morgan fingerprint density at radius 3 is 2.50 bits per heavy atom. The number of nitrogens with zero attached hydrogens (tertiary/aromatic N) is 3. The summed E-state index contributed by atoms with van der Waals surface area (Å²) in [4.78, 5) is 9.43. The van der Waals surface area contributed by atoms with Crippen molar-refractivity contribution in [2.45, 2.75) is 40.0 Å². The van der Waals surface area contributed by atoms with E-state index in [-0.39, 0.29) is 12.3 Å². The highest BCUT2D eigenvalue weighted by atomic mass is 35.5. The fourth-order valence-corrected chi connectivity index (χ4v) is 3.72. The Hall–Kier alpha value is -1.64. The van der Waals surface area contributed by atoms with E-state index in [0.717, 1.165) is 32.7 Å². The van der Waals surface area contributed by atoms with Crippen molar-refractivity contribution >= 4 is 17.6 Å². The molecule has 0 spiro atoms. The van der Waals surface area contributed by atoms with Crippen molar-refractivity contribution in [3.63, 3.8) is 0 Å². The van der Waals surface area contributed by atoms with Crippen LogP contribution in [0.1, 0.15) is 26.3 Å². The molecular formula is C21H34ClF2N5O. The fraction of sp³-hybridized carbons (Fsp3) is 0.667. The molecule has 1 heterocycles. The molecule has 6 nitrogen and oxygen atoms in total. The van der Waals surface area contributed by atoms with Crippen molar-refractivity contribution < 1.29 is 13.5 Å². The summed E-state index contributed by atoms with van der Waals surface area (Å²) in [5.74, 6) is 1.22. The van der Waals surface area contributed by atoms with Gasteiger partial charge in [-0.15, -0.1) is 0 Å². The van der Waals surface area contributed by atoms with Gasteiger partial charge in [0.1, 0.15) is 5.75 Å². The predicted molar refractivity (Wildman–Crippen MR) is 119 cm³/mol. The van der Waals surface area contributed by atoms with E-state index in [1.54, 1.807) is 6.07 Å². The number of ether oxygens (including phenoxy) is 1. The second-order valence-electron chi connectivity index (χ2n) is 7.86. The molecule has 1 fully saturated rings. The van der Waals surface area contributed by atoms with Gasteiger partial charge in [0.05, 0.1) is 6.54 Å². The summed E-state index contributed by atoms with van der Waals surface area (Å²) in [6, 6.07) is 4.96. The molecule has 1 aromatic rings. The summed E-state index contributed by atoms with van der Waals surface area (Å²) in [5, 5.41) is 7.09. The number of aliphatic imine (C=N–C) groups is 1. The van der Waals surface area contributed by atoms with Crippen LogP contribution in [0.2, 0.25) is 5.02 Å². The molecule has 1 aromatic carbocycles. The number of likely N-dealkylation sites (N-methyl/N-ethyl adjacent to an activating group) is 1. The van der Waals surface area contributed by atoms with E-state index in [2.05, 4.69) is 51.1 Å². The quantitative estimate of drug-likeness (QED) is 0.451. The molecule has 0 aromatic heterocycles. The van der Waals surface area contributed by atoms with Crippen LogP contribution in [0.15, 0.2) is 23.2 Å². The summed E-state index contributed by atoms with van der Waals surface area (Å²) in [6.07, 6.45) is 0. The average molecular weight is 446 g/mol. The first kappa shape index (κ1) is 24.6. The first-order chi connectivity index (χ1) is 14.3. The van der Waals surface area contributed by atoms with Gasteiger partial charge in [-0.2, -0.15) is 8.78 Å². The smallest absolute Gasteiger partial charge is 0.387 e. The maximum Gasteiger partial charge on any atom is 0.387 e. The maximum atomic E-state index is 12.7. The van der Waals surface area contributed by atoms with Gasteiger partial charge in [0.25, 0.3) is 0 Å². The van der Waals surface area contributed by atoms with Crippen LogP contribution < -0.4 is 15.4 Å². The monoisotopic (exact) mass is 445 g/mol. The number of guanidine groups is 1. The van der Waals surface area contributed by atoms with Crippen LogP contribution in [0, 0.1) is 5.92 Å². The summed E-state index contributed by atoms with van der Waals surface area (Å²) in [6.45, 7) is 9.42. The van der Waals surface area contributed by atoms with Gasteiger partial charge in [-0.1, -0.05) is 25.4 Å². The van der Waals surface area contributed by atoms with Crippen molar-refractivity contribution in [2.75, 3.05) is 46.3 Å². The third-order valence-corrected chi connectivity index (χ3v) is 5.48. The lowest BCUT2D eigenvalue weighted by Gasteiger charge is -2.40. The predicted octanol–water partition coefficient (Wildman–Crippen LogP) is 3.27. The Bertz CT molecular complexity index is 681. The maximum absolute atomic E-state index is 12.7. The summed E-state index contributed by atoms with van der Waals surface area (Å²) >= 11 is 6.03. The van der Waals surface area contributed by atoms with Gasteiger partial charge in [0.15, 0.2) is 5.96 Å². The second-order valence-corrected chi connectivity index (χ2v) is 8.29. The number of benzene rings is 1. The third kappa shape index (κ3) is 7.89. The zero-order valence-corrected chi connectivity index (χ0v) is 19.1. The van der Waals surface area contributed by atoms with Crippen LogP contribution in [-0.4, -0.2) is 74.7 Å². The van der Waals surface area contributed by atoms with Crippen LogP contribution in [0.3, 0.4) is 0 Å².